The Morgan fingerprint density at radius 3 is 3.00 bits per heavy atom. The van der Waals surface area contributed by atoms with E-state index in [0.29, 0.717) is 11.4 Å². The van der Waals surface area contributed by atoms with E-state index in [0.717, 1.165) is 10.6 Å². The molecule has 2 rings (SSSR count). The van der Waals surface area contributed by atoms with Crippen molar-refractivity contribution in [3.05, 3.63) is 18.2 Å². The number of imide groups is 1. The molecule has 0 aliphatic carbocycles. The number of thiol groups is 1. The van der Waals surface area contributed by atoms with Gasteiger partial charge in [-0.05, 0) is 18.2 Å². The van der Waals surface area contributed by atoms with E-state index in [-0.39, 0.29) is 24.2 Å². The van der Waals surface area contributed by atoms with Gasteiger partial charge in [0.15, 0.2) is 6.61 Å². The molecule has 0 bridgehead atoms. The molecule has 1 aliphatic rings. The molecule has 17 heavy (non-hydrogen) atoms. The number of benzene rings is 1. The van der Waals surface area contributed by atoms with Crippen LogP contribution in [-0.4, -0.2) is 31.2 Å². The predicted molar refractivity (Wildman–Crippen MR) is 67.8 cm³/mol. The quantitative estimate of drug-likeness (QED) is 0.768. The summed E-state index contributed by atoms with van der Waals surface area (Å²) in [5.74, 6) is -0.214. The number of amides is 2. The van der Waals surface area contributed by atoms with Crippen LogP contribution in [0.3, 0.4) is 0 Å². The molecule has 1 heterocycles. The molecular weight excluding hydrogens is 240 g/mol. The van der Waals surface area contributed by atoms with E-state index in [1.807, 2.05) is 6.07 Å². The van der Waals surface area contributed by atoms with Crippen LogP contribution < -0.4 is 15.0 Å². The molecule has 6 heteroatoms. The Morgan fingerprint density at radius 2 is 2.35 bits per heavy atom. The molecular formula is C11H12N2O3S. The van der Waals surface area contributed by atoms with Gasteiger partial charge >= 0.3 is 0 Å². The van der Waals surface area contributed by atoms with Crippen molar-refractivity contribution in [2.75, 3.05) is 29.6 Å². The van der Waals surface area contributed by atoms with Gasteiger partial charge < -0.3 is 10.1 Å². The molecule has 2 amide bonds. The summed E-state index contributed by atoms with van der Waals surface area (Å²) in [6.45, 7) is -0.120. The van der Waals surface area contributed by atoms with Gasteiger partial charge in [0.05, 0.1) is 11.4 Å². The number of ether oxygens (including phenoxy) is 1. The van der Waals surface area contributed by atoms with Crippen LogP contribution in [0.1, 0.15) is 0 Å². The lowest BCUT2D eigenvalue weighted by molar-refractivity contribution is -0.127. The fraction of sp³-hybridized carbons (Fsp3) is 0.273. The summed E-state index contributed by atoms with van der Waals surface area (Å²) in [7, 11) is 1.76. The maximum absolute atomic E-state index is 11.7. The van der Waals surface area contributed by atoms with E-state index >= 15 is 0 Å². The summed E-state index contributed by atoms with van der Waals surface area (Å²) in [6.07, 6.45) is 0. The zero-order valence-electron chi connectivity index (χ0n) is 9.27. The second-order valence-corrected chi connectivity index (χ2v) is 3.82. The molecule has 0 spiro atoms. The lowest BCUT2D eigenvalue weighted by Gasteiger charge is -2.27. The van der Waals surface area contributed by atoms with E-state index in [1.54, 1.807) is 19.2 Å². The molecule has 1 N–H and O–H groups in total. The molecule has 0 aromatic heterocycles. The minimum absolute atomic E-state index is 0.0189. The number of rotatable bonds is 2. The predicted octanol–water partition coefficient (Wildman–Crippen LogP) is 0.910. The molecule has 0 saturated heterocycles. The van der Waals surface area contributed by atoms with E-state index < -0.39 is 0 Å². The first-order valence-electron chi connectivity index (χ1n) is 5.08. The molecule has 0 radical (unpaired) electrons. The minimum Gasteiger partial charge on any atom is -0.482 e. The molecule has 0 unspecified atom stereocenters. The topological polar surface area (TPSA) is 58.6 Å². The van der Waals surface area contributed by atoms with Crippen molar-refractivity contribution >= 4 is 35.8 Å². The Bertz CT molecular complexity index is 476. The highest BCUT2D eigenvalue weighted by Gasteiger charge is 2.30. The Balaban J connectivity index is 2.48. The van der Waals surface area contributed by atoms with Crippen molar-refractivity contribution in [2.45, 2.75) is 0 Å². The summed E-state index contributed by atoms with van der Waals surface area (Å²) in [5, 5.41) is 2.95. The Kier molecular flexibility index (Phi) is 3.23. The highest BCUT2D eigenvalue weighted by atomic mass is 32.1. The molecule has 0 fully saturated rings. The SMILES string of the molecule is CNc1ccc2c(c1)N(C(=O)CS)C(=O)CO2. The molecule has 0 saturated carbocycles. The number of hydrogen-bond acceptors (Lipinski definition) is 5. The summed E-state index contributed by atoms with van der Waals surface area (Å²) in [4.78, 5) is 24.5. The van der Waals surface area contributed by atoms with E-state index in [4.69, 9.17) is 4.74 Å². The number of anilines is 2. The number of carbonyl (C=O) groups is 2. The van der Waals surface area contributed by atoms with E-state index in [2.05, 4.69) is 17.9 Å². The Labute approximate surface area is 104 Å². The van der Waals surface area contributed by atoms with Gasteiger partial charge in [0, 0.05) is 12.7 Å². The van der Waals surface area contributed by atoms with Crippen molar-refractivity contribution in [2.24, 2.45) is 0 Å². The first-order valence-corrected chi connectivity index (χ1v) is 5.72. The maximum Gasteiger partial charge on any atom is 0.271 e. The number of nitrogens with zero attached hydrogens (tertiary/aromatic N) is 1. The van der Waals surface area contributed by atoms with Crippen molar-refractivity contribution in [1.29, 1.82) is 0 Å². The molecule has 90 valence electrons. The third-order valence-electron chi connectivity index (χ3n) is 2.47. The van der Waals surface area contributed by atoms with Crippen LogP contribution in [0.5, 0.6) is 5.75 Å². The van der Waals surface area contributed by atoms with Gasteiger partial charge in [0.2, 0.25) is 5.91 Å². The Morgan fingerprint density at radius 1 is 1.59 bits per heavy atom. The van der Waals surface area contributed by atoms with Gasteiger partial charge in [-0.2, -0.15) is 12.6 Å². The molecule has 0 atom stereocenters. The lowest BCUT2D eigenvalue weighted by atomic mass is 10.2. The smallest absolute Gasteiger partial charge is 0.271 e. The van der Waals surface area contributed by atoms with Gasteiger partial charge in [-0.3, -0.25) is 9.59 Å². The number of fused-ring (bicyclic) bond motifs is 1. The van der Waals surface area contributed by atoms with Crippen molar-refractivity contribution in [1.82, 2.24) is 0 Å². The van der Waals surface area contributed by atoms with E-state index in [1.165, 1.54) is 0 Å². The van der Waals surface area contributed by atoms with E-state index in [9.17, 15) is 9.59 Å². The zero-order chi connectivity index (χ0) is 12.4. The number of nitrogens with one attached hydrogen (secondary N) is 1. The molecule has 1 aromatic rings. The van der Waals surface area contributed by atoms with Gasteiger partial charge in [-0.15, -0.1) is 0 Å². The maximum atomic E-state index is 11.7. The largest absolute Gasteiger partial charge is 0.482 e. The minimum atomic E-state index is -0.371. The normalized spacial score (nSPS) is 14.0. The standard InChI is InChI=1S/C11H12N2O3S/c1-12-7-2-3-9-8(4-7)13(11(15)6-17)10(14)5-16-9/h2-4,12,17H,5-6H2,1H3. The summed E-state index contributed by atoms with van der Waals surface area (Å²) >= 11 is 3.91. The van der Waals surface area contributed by atoms with Gasteiger partial charge in [0.25, 0.3) is 5.91 Å². The van der Waals surface area contributed by atoms with Crippen LogP contribution in [0.2, 0.25) is 0 Å². The van der Waals surface area contributed by atoms with Gasteiger partial charge in [0.1, 0.15) is 5.75 Å². The highest BCUT2D eigenvalue weighted by molar-refractivity contribution is 7.81. The van der Waals surface area contributed by atoms with Crippen LogP contribution in [0.25, 0.3) is 0 Å². The zero-order valence-corrected chi connectivity index (χ0v) is 10.2. The second kappa shape index (κ2) is 4.67. The average Bonchev–Trinajstić information content (AvgIpc) is 2.37. The third-order valence-corrected chi connectivity index (χ3v) is 2.74. The first-order chi connectivity index (χ1) is 8.17. The van der Waals surface area contributed by atoms with Crippen LogP contribution in [0.15, 0.2) is 18.2 Å². The molecule has 1 aliphatic heterocycles. The molecule has 1 aromatic carbocycles. The van der Waals surface area contributed by atoms with Crippen molar-refractivity contribution in [3.63, 3.8) is 0 Å². The van der Waals surface area contributed by atoms with Crippen molar-refractivity contribution < 1.29 is 14.3 Å². The van der Waals surface area contributed by atoms with Crippen LogP contribution >= 0.6 is 12.6 Å². The number of carbonyl (C=O) groups excluding carboxylic acids is 2. The van der Waals surface area contributed by atoms with Crippen LogP contribution in [-0.2, 0) is 9.59 Å². The number of hydrogen-bond donors (Lipinski definition) is 2. The third kappa shape index (κ3) is 2.08. The van der Waals surface area contributed by atoms with Gasteiger partial charge in [-0.25, -0.2) is 4.90 Å². The summed E-state index contributed by atoms with van der Waals surface area (Å²) in [6, 6.07) is 5.25. The fourth-order valence-corrected chi connectivity index (χ4v) is 1.79. The van der Waals surface area contributed by atoms with Crippen LogP contribution in [0, 0.1) is 0 Å². The first kappa shape index (κ1) is 11.8. The fourth-order valence-electron chi connectivity index (χ4n) is 1.65. The summed E-state index contributed by atoms with van der Waals surface area (Å²) in [5.41, 5.74) is 1.27. The lowest BCUT2D eigenvalue weighted by Crippen LogP contribution is -2.43. The highest BCUT2D eigenvalue weighted by Crippen LogP contribution is 2.34. The van der Waals surface area contributed by atoms with Crippen molar-refractivity contribution in [3.8, 4) is 5.75 Å². The second-order valence-electron chi connectivity index (χ2n) is 3.50. The van der Waals surface area contributed by atoms with Gasteiger partial charge in [-0.1, -0.05) is 0 Å². The Hall–Kier alpha value is -1.69. The monoisotopic (exact) mass is 252 g/mol. The summed E-state index contributed by atoms with van der Waals surface area (Å²) < 4.78 is 5.26. The van der Waals surface area contributed by atoms with Crippen LogP contribution in [0.4, 0.5) is 11.4 Å². The average molecular weight is 252 g/mol. The molecule has 5 nitrogen and oxygen atoms in total.